The van der Waals surface area contributed by atoms with Crippen LogP contribution in [0, 0.1) is 11.6 Å². The van der Waals surface area contributed by atoms with E-state index < -0.39 is 11.6 Å². The van der Waals surface area contributed by atoms with Crippen molar-refractivity contribution in [3.05, 3.63) is 68.1 Å². The van der Waals surface area contributed by atoms with E-state index in [1.54, 1.807) is 0 Å². The van der Waals surface area contributed by atoms with Gasteiger partial charge < -0.3 is 5.32 Å². The predicted octanol–water partition coefficient (Wildman–Crippen LogP) is 5.38. The van der Waals surface area contributed by atoms with Crippen LogP contribution in [0.2, 0.25) is 0 Å². The van der Waals surface area contributed by atoms with E-state index in [0.29, 0.717) is 18.5 Å². The van der Waals surface area contributed by atoms with Gasteiger partial charge in [-0.2, -0.15) is 0 Å². The van der Waals surface area contributed by atoms with E-state index in [1.807, 2.05) is 31.2 Å². The molecule has 0 aliphatic heterocycles. The molecule has 0 spiro atoms. The first-order chi connectivity index (χ1) is 10.0. The average Bonchev–Trinajstić information content (AvgIpc) is 2.45. The molecule has 1 unspecified atom stereocenters. The lowest BCUT2D eigenvalue weighted by molar-refractivity contribution is 0.500. The van der Waals surface area contributed by atoms with Crippen LogP contribution in [0.1, 0.15) is 24.1 Å². The van der Waals surface area contributed by atoms with Gasteiger partial charge in [-0.05, 0) is 58.7 Å². The van der Waals surface area contributed by atoms with Crippen LogP contribution in [0.5, 0.6) is 0 Å². The zero-order valence-electron chi connectivity index (χ0n) is 11.5. The molecule has 1 nitrogen and oxygen atoms in total. The van der Waals surface area contributed by atoms with Gasteiger partial charge in [0, 0.05) is 16.1 Å². The summed E-state index contributed by atoms with van der Waals surface area (Å²) in [5.41, 5.74) is 1.41. The van der Waals surface area contributed by atoms with Gasteiger partial charge in [0.1, 0.15) is 11.6 Å². The summed E-state index contributed by atoms with van der Waals surface area (Å²) in [7, 11) is 0. The molecule has 5 heteroatoms. The summed E-state index contributed by atoms with van der Waals surface area (Å²) in [6.07, 6.45) is 0.596. The summed E-state index contributed by atoms with van der Waals surface area (Å²) < 4.78 is 29.0. The number of rotatable bonds is 5. The molecule has 0 fully saturated rings. The molecular formula is C16H15Br2F2N. The summed E-state index contributed by atoms with van der Waals surface area (Å²) in [6, 6.07) is 10.00. The van der Waals surface area contributed by atoms with Crippen LogP contribution in [0.3, 0.4) is 0 Å². The summed E-state index contributed by atoms with van der Waals surface area (Å²) in [5, 5.41) is 3.22. The van der Waals surface area contributed by atoms with Crippen molar-refractivity contribution < 1.29 is 8.78 Å². The SMILES string of the molecule is CCNC(Cc1ccc(Br)cc1)c1cc(F)c(Br)cc1F. The molecule has 0 aromatic heterocycles. The Kier molecular flexibility index (Phi) is 5.90. The molecular weight excluding hydrogens is 404 g/mol. The van der Waals surface area contributed by atoms with E-state index in [0.717, 1.165) is 10.0 Å². The Labute approximate surface area is 140 Å². The van der Waals surface area contributed by atoms with Gasteiger partial charge in [-0.15, -0.1) is 0 Å². The maximum Gasteiger partial charge on any atom is 0.137 e. The summed E-state index contributed by atoms with van der Waals surface area (Å²) >= 11 is 6.39. The third-order valence-corrected chi connectivity index (χ3v) is 4.35. The van der Waals surface area contributed by atoms with Crippen molar-refractivity contribution in [1.82, 2.24) is 5.32 Å². The second kappa shape index (κ2) is 7.47. The fourth-order valence-corrected chi connectivity index (χ4v) is 2.78. The third-order valence-electron chi connectivity index (χ3n) is 3.22. The Morgan fingerprint density at radius 1 is 1.05 bits per heavy atom. The highest BCUT2D eigenvalue weighted by Gasteiger charge is 2.18. The topological polar surface area (TPSA) is 12.0 Å². The van der Waals surface area contributed by atoms with Crippen LogP contribution >= 0.6 is 31.9 Å². The first kappa shape index (κ1) is 16.6. The molecule has 1 atom stereocenters. The Morgan fingerprint density at radius 2 is 1.71 bits per heavy atom. The molecule has 21 heavy (non-hydrogen) atoms. The van der Waals surface area contributed by atoms with Crippen LogP contribution in [-0.4, -0.2) is 6.54 Å². The van der Waals surface area contributed by atoms with Crippen molar-refractivity contribution in [2.24, 2.45) is 0 Å². The predicted molar refractivity (Wildman–Crippen MR) is 88.3 cm³/mol. The van der Waals surface area contributed by atoms with Crippen molar-refractivity contribution in [2.75, 3.05) is 6.54 Å². The maximum absolute atomic E-state index is 14.1. The molecule has 0 saturated carbocycles. The first-order valence-corrected chi connectivity index (χ1v) is 8.22. The molecule has 0 radical (unpaired) electrons. The van der Waals surface area contributed by atoms with Gasteiger partial charge in [-0.25, -0.2) is 8.78 Å². The molecule has 112 valence electrons. The van der Waals surface area contributed by atoms with Gasteiger partial charge in [0.2, 0.25) is 0 Å². The van der Waals surface area contributed by atoms with Crippen LogP contribution < -0.4 is 5.32 Å². The molecule has 0 aliphatic carbocycles. The van der Waals surface area contributed by atoms with Gasteiger partial charge >= 0.3 is 0 Å². The monoisotopic (exact) mass is 417 g/mol. The number of hydrogen-bond acceptors (Lipinski definition) is 1. The highest BCUT2D eigenvalue weighted by molar-refractivity contribution is 9.10. The number of halogens is 4. The molecule has 2 aromatic carbocycles. The second-order valence-corrected chi connectivity index (χ2v) is 6.50. The molecule has 0 aliphatic rings. The number of hydrogen-bond donors (Lipinski definition) is 1. The van der Waals surface area contributed by atoms with Crippen molar-refractivity contribution in [1.29, 1.82) is 0 Å². The highest BCUT2D eigenvalue weighted by Crippen LogP contribution is 2.27. The number of likely N-dealkylation sites (N-methyl/N-ethyl adjacent to an activating group) is 1. The van der Waals surface area contributed by atoms with Gasteiger partial charge in [-0.3, -0.25) is 0 Å². The molecule has 0 heterocycles. The largest absolute Gasteiger partial charge is 0.310 e. The summed E-state index contributed by atoms with van der Waals surface area (Å²) in [5.74, 6) is -0.864. The molecule has 1 N–H and O–H groups in total. The first-order valence-electron chi connectivity index (χ1n) is 6.63. The van der Waals surface area contributed by atoms with Crippen LogP contribution in [-0.2, 0) is 6.42 Å². The second-order valence-electron chi connectivity index (χ2n) is 4.73. The van der Waals surface area contributed by atoms with Crippen molar-refractivity contribution in [3.63, 3.8) is 0 Å². The van der Waals surface area contributed by atoms with Crippen LogP contribution in [0.15, 0.2) is 45.3 Å². The minimum absolute atomic E-state index is 0.141. The average molecular weight is 419 g/mol. The molecule has 0 bridgehead atoms. The Balaban J connectivity index is 2.30. The Hall–Kier alpha value is -0.780. The Morgan fingerprint density at radius 3 is 2.33 bits per heavy atom. The lowest BCUT2D eigenvalue weighted by Gasteiger charge is -2.19. The van der Waals surface area contributed by atoms with Crippen LogP contribution in [0.4, 0.5) is 8.78 Å². The fraction of sp³-hybridized carbons (Fsp3) is 0.250. The van der Waals surface area contributed by atoms with Crippen molar-refractivity contribution in [3.8, 4) is 0 Å². The zero-order valence-corrected chi connectivity index (χ0v) is 14.6. The zero-order chi connectivity index (χ0) is 15.4. The molecule has 2 rings (SSSR count). The molecule has 0 amide bonds. The van der Waals surface area contributed by atoms with E-state index in [1.165, 1.54) is 12.1 Å². The quantitative estimate of drug-likeness (QED) is 0.642. The number of nitrogens with one attached hydrogen (secondary N) is 1. The van der Waals surface area contributed by atoms with E-state index in [4.69, 9.17) is 0 Å². The lowest BCUT2D eigenvalue weighted by Crippen LogP contribution is -2.24. The summed E-state index contributed by atoms with van der Waals surface area (Å²) in [4.78, 5) is 0. The van der Waals surface area contributed by atoms with E-state index in [9.17, 15) is 8.78 Å². The smallest absolute Gasteiger partial charge is 0.137 e. The van der Waals surface area contributed by atoms with Gasteiger partial charge in [0.15, 0.2) is 0 Å². The van der Waals surface area contributed by atoms with E-state index >= 15 is 0 Å². The van der Waals surface area contributed by atoms with Crippen molar-refractivity contribution in [2.45, 2.75) is 19.4 Å². The third kappa shape index (κ3) is 4.34. The van der Waals surface area contributed by atoms with Gasteiger partial charge in [-0.1, -0.05) is 35.0 Å². The van der Waals surface area contributed by atoms with Crippen LogP contribution in [0.25, 0.3) is 0 Å². The molecule has 0 saturated heterocycles. The standard InChI is InChI=1S/C16H15Br2F2N/c1-2-21-16(7-10-3-5-11(17)6-4-10)12-8-15(20)13(18)9-14(12)19/h3-6,8-9,16,21H,2,7H2,1H3. The minimum atomic E-state index is -0.454. The summed E-state index contributed by atoms with van der Waals surface area (Å²) in [6.45, 7) is 2.63. The van der Waals surface area contributed by atoms with E-state index in [2.05, 4.69) is 37.2 Å². The highest BCUT2D eigenvalue weighted by atomic mass is 79.9. The fourth-order valence-electron chi connectivity index (χ4n) is 2.20. The van der Waals surface area contributed by atoms with Gasteiger partial charge in [0.25, 0.3) is 0 Å². The van der Waals surface area contributed by atoms with Gasteiger partial charge in [0.05, 0.1) is 4.47 Å². The lowest BCUT2D eigenvalue weighted by atomic mass is 9.98. The number of benzene rings is 2. The Bertz CT molecular complexity index is 614. The van der Waals surface area contributed by atoms with Crippen molar-refractivity contribution >= 4 is 31.9 Å². The van der Waals surface area contributed by atoms with E-state index in [-0.39, 0.29) is 10.5 Å². The minimum Gasteiger partial charge on any atom is -0.310 e. The normalized spacial score (nSPS) is 12.4. The maximum atomic E-state index is 14.1. The molecule has 2 aromatic rings.